The van der Waals surface area contributed by atoms with Gasteiger partial charge >= 0.3 is 13.8 Å². The lowest BCUT2D eigenvalue weighted by atomic mass is 10.1. The van der Waals surface area contributed by atoms with Gasteiger partial charge in [0.05, 0.1) is 19.5 Å². The van der Waals surface area contributed by atoms with E-state index in [0.29, 0.717) is 6.42 Å². The molecule has 3 N–H and O–H groups in total. The molecule has 0 spiro atoms. The van der Waals surface area contributed by atoms with Crippen molar-refractivity contribution in [3.8, 4) is 0 Å². The van der Waals surface area contributed by atoms with Crippen LogP contribution in [0.2, 0.25) is 0 Å². The quantitative estimate of drug-likeness (QED) is 0.0208. The van der Waals surface area contributed by atoms with Gasteiger partial charge in [-0.1, -0.05) is 147 Å². The second kappa shape index (κ2) is 40.7. The number of rotatable bonds is 41. The van der Waals surface area contributed by atoms with Gasteiger partial charge in [0.1, 0.15) is 6.61 Å². The molecule has 0 saturated heterocycles. The minimum Gasteiger partial charge on any atom is -0.498 e. The molecule has 8 nitrogen and oxygen atoms in total. The van der Waals surface area contributed by atoms with E-state index in [0.717, 1.165) is 38.5 Å². The Morgan fingerprint density at radius 3 is 1.42 bits per heavy atom. The third-order valence-corrected chi connectivity index (χ3v) is 10.1. The summed E-state index contributed by atoms with van der Waals surface area (Å²) in [5.74, 6) is -0.359. The number of phosphoric acid groups is 1. The summed E-state index contributed by atoms with van der Waals surface area (Å²) >= 11 is 0. The van der Waals surface area contributed by atoms with Gasteiger partial charge in [0.2, 0.25) is 0 Å². The van der Waals surface area contributed by atoms with Crippen LogP contribution in [0.4, 0.5) is 0 Å². The highest BCUT2D eigenvalue weighted by molar-refractivity contribution is 7.47. The summed E-state index contributed by atoms with van der Waals surface area (Å²) in [6.45, 7) is 4.22. The summed E-state index contributed by atoms with van der Waals surface area (Å²) in [6, 6.07) is 0. The zero-order valence-corrected chi connectivity index (χ0v) is 34.7. The summed E-state index contributed by atoms with van der Waals surface area (Å²) < 4.78 is 33.2. The highest BCUT2D eigenvalue weighted by Crippen LogP contribution is 2.43. The van der Waals surface area contributed by atoms with Gasteiger partial charge in [0.25, 0.3) is 0 Å². The lowest BCUT2D eigenvalue weighted by molar-refractivity contribution is -0.153. The van der Waals surface area contributed by atoms with E-state index >= 15 is 0 Å². The zero-order valence-electron chi connectivity index (χ0n) is 33.8. The third kappa shape index (κ3) is 39.8. The molecule has 0 amide bonds. The molecule has 0 heterocycles. The van der Waals surface area contributed by atoms with E-state index in [9.17, 15) is 14.3 Å². The predicted octanol–water partition coefficient (Wildman–Crippen LogP) is 13.0. The number of nitrogens with two attached hydrogens (primary N) is 1. The summed E-state index contributed by atoms with van der Waals surface area (Å²) in [5, 5.41) is 0. The van der Waals surface area contributed by atoms with Crippen molar-refractivity contribution in [3.63, 3.8) is 0 Å². The van der Waals surface area contributed by atoms with Crippen molar-refractivity contribution < 1.29 is 32.8 Å². The fourth-order valence-electron chi connectivity index (χ4n) is 5.89. The maximum absolute atomic E-state index is 12.6. The lowest BCUT2D eigenvalue weighted by Gasteiger charge is -2.19. The topological polar surface area (TPSA) is 117 Å². The Morgan fingerprint density at radius 1 is 0.577 bits per heavy atom. The second-order valence-electron chi connectivity index (χ2n) is 14.3. The monoisotopic (exact) mass is 756 g/mol. The molecule has 0 aliphatic carbocycles. The van der Waals surface area contributed by atoms with Crippen LogP contribution in [0.3, 0.4) is 0 Å². The molecule has 52 heavy (non-hydrogen) atoms. The van der Waals surface area contributed by atoms with Crippen LogP contribution in [0.15, 0.2) is 36.6 Å². The number of phosphoric ester groups is 1. The fourth-order valence-corrected chi connectivity index (χ4v) is 6.66. The Kier molecular flexibility index (Phi) is 39.6. The van der Waals surface area contributed by atoms with Crippen LogP contribution in [0.25, 0.3) is 0 Å². The third-order valence-electron chi connectivity index (χ3n) is 9.09. The van der Waals surface area contributed by atoms with E-state index in [2.05, 4.69) is 38.2 Å². The first-order chi connectivity index (χ1) is 25.4. The van der Waals surface area contributed by atoms with Gasteiger partial charge in [-0.15, -0.1) is 0 Å². The van der Waals surface area contributed by atoms with E-state index in [1.54, 1.807) is 6.26 Å². The molecule has 0 aliphatic rings. The van der Waals surface area contributed by atoms with Crippen molar-refractivity contribution in [1.29, 1.82) is 0 Å². The number of ether oxygens (including phenoxy) is 2. The fraction of sp³-hybridized carbons (Fsp3) is 0.837. The summed E-state index contributed by atoms with van der Waals surface area (Å²) in [5.41, 5.74) is 5.36. The molecule has 0 aromatic heterocycles. The molecule has 0 fully saturated rings. The van der Waals surface area contributed by atoms with Crippen LogP contribution < -0.4 is 5.73 Å². The average Bonchev–Trinajstić information content (AvgIpc) is 3.13. The van der Waals surface area contributed by atoms with E-state index in [4.69, 9.17) is 24.3 Å². The van der Waals surface area contributed by atoms with Gasteiger partial charge in [-0.05, 0) is 76.7 Å². The van der Waals surface area contributed by atoms with Crippen molar-refractivity contribution in [2.24, 2.45) is 5.73 Å². The number of hydrogen-bond donors (Lipinski definition) is 2. The van der Waals surface area contributed by atoms with Crippen molar-refractivity contribution in [1.82, 2.24) is 0 Å². The molecule has 0 aromatic rings. The second-order valence-corrected chi connectivity index (χ2v) is 15.7. The molecule has 0 rings (SSSR count). The molecule has 9 heteroatoms. The molecule has 0 saturated carbocycles. The Labute approximate surface area is 320 Å². The highest BCUT2D eigenvalue weighted by Gasteiger charge is 2.25. The zero-order chi connectivity index (χ0) is 38.1. The highest BCUT2D eigenvalue weighted by atomic mass is 31.2. The van der Waals surface area contributed by atoms with E-state index in [-0.39, 0.29) is 32.3 Å². The number of allylic oxidation sites excluding steroid dienone is 5. The molecule has 0 radical (unpaired) electrons. The Morgan fingerprint density at radius 2 is 0.981 bits per heavy atom. The van der Waals surface area contributed by atoms with Crippen molar-refractivity contribution in [2.45, 2.75) is 206 Å². The SMILES string of the molecule is CCCCCCCCC=CCCCCCCC=COC[C@H](COP(=O)(O)OCCN)OC(=O)CCCCCCCCCC=CCCCCCCCC. The predicted molar refractivity (Wildman–Crippen MR) is 219 cm³/mol. The Hall–Kier alpha value is -1.44. The van der Waals surface area contributed by atoms with Gasteiger partial charge in [-0.3, -0.25) is 13.8 Å². The van der Waals surface area contributed by atoms with Crippen molar-refractivity contribution in [3.05, 3.63) is 36.6 Å². The Balaban J connectivity index is 4.10. The number of carbonyl (C=O) groups is 1. The number of carbonyl (C=O) groups excluding carboxylic acids is 1. The molecular weight excluding hydrogens is 673 g/mol. The van der Waals surface area contributed by atoms with E-state index in [1.807, 2.05) is 6.08 Å². The average molecular weight is 756 g/mol. The van der Waals surface area contributed by atoms with Crippen LogP contribution in [-0.4, -0.2) is 43.3 Å². The Bertz CT molecular complexity index is 895. The summed E-state index contributed by atoms with van der Waals surface area (Å²) in [6.07, 6.45) is 46.8. The largest absolute Gasteiger partial charge is 0.498 e. The molecule has 306 valence electrons. The maximum atomic E-state index is 12.6. The van der Waals surface area contributed by atoms with Gasteiger partial charge in [0, 0.05) is 13.0 Å². The van der Waals surface area contributed by atoms with Gasteiger partial charge < -0.3 is 20.1 Å². The first kappa shape index (κ1) is 50.6. The molecule has 0 bridgehead atoms. The lowest BCUT2D eigenvalue weighted by Crippen LogP contribution is -2.27. The smallest absolute Gasteiger partial charge is 0.472 e. The molecular formula is C43H82NO7P. The standard InChI is InChI=1S/C43H82NO7P/c1-3-5-7-9-11-13-15-17-19-21-22-24-26-28-30-32-34-36-43(45)51-42(41-50-52(46,47)49-39-37-44)40-48-38-35-33-31-29-27-25-23-20-18-16-14-12-10-8-6-4-2/h17-20,35,38,42H,3-16,21-34,36-37,39-41,44H2,1-2H3,(H,46,47)/t42-/m1/s1. The normalized spacial score (nSPS) is 13.8. The summed E-state index contributed by atoms with van der Waals surface area (Å²) in [7, 11) is -4.29. The first-order valence-corrected chi connectivity index (χ1v) is 23.0. The maximum Gasteiger partial charge on any atom is 0.472 e. The van der Waals surface area contributed by atoms with Crippen LogP contribution in [0.5, 0.6) is 0 Å². The van der Waals surface area contributed by atoms with Crippen LogP contribution in [0, 0.1) is 0 Å². The number of esters is 1. The summed E-state index contributed by atoms with van der Waals surface area (Å²) in [4.78, 5) is 22.4. The number of unbranched alkanes of at least 4 members (excludes halogenated alkanes) is 24. The minimum atomic E-state index is -4.29. The molecule has 0 aliphatic heterocycles. The van der Waals surface area contributed by atoms with E-state index in [1.165, 1.54) is 141 Å². The minimum absolute atomic E-state index is 0.0262. The first-order valence-electron chi connectivity index (χ1n) is 21.5. The molecule has 1 unspecified atom stereocenters. The van der Waals surface area contributed by atoms with Crippen LogP contribution in [-0.2, 0) is 27.9 Å². The molecule has 0 aromatic carbocycles. The van der Waals surface area contributed by atoms with Crippen LogP contribution >= 0.6 is 7.82 Å². The van der Waals surface area contributed by atoms with E-state index < -0.39 is 13.9 Å². The van der Waals surface area contributed by atoms with Gasteiger partial charge in [-0.25, -0.2) is 4.57 Å². The number of hydrogen-bond acceptors (Lipinski definition) is 7. The van der Waals surface area contributed by atoms with Gasteiger partial charge in [0.15, 0.2) is 6.10 Å². The van der Waals surface area contributed by atoms with Crippen LogP contribution in [0.1, 0.15) is 200 Å². The van der Waals surface area contributed by atoms with Crippen molar-refractivity contribution >= 4 is 13.8 Å². The van der Waals surface area contributed by atoms with Crippen molar-refractivity contribution in [2.75, 3.05) is 26.4 Å². The molecule has 2 atom stereocenters. The van der Waals surface area contributed by atoms with Gasteiger partial charge in [-0.2, -0.15) is 0 Å².